The van der Waals surface area contributed by atoms with Crippen LogP contribution in [0.25, 0.3) is 0 Å². The van der Waals surface area contributed by atoms with Gasteiger partial charge in [0.25, 0.3) is 0 Å². The first kappa shape index (κ1) is 20.5. The normalized spacial score (nSPS) is 12.1. The maximum absolute atomic E-state index is 13.3. The van der Waals surface area contributed by atoms with Gasteiger partial charge in [-0.2, -0.15) is 0 Å². The van der Waals surface area contributed by atoms with Gasteiger partial charge in [-0.05, 0) is 54.3 Å². The topological polar surface area (TPSA) is 84.6 Å². The Hall–Kier alpha value is -2.83. The lowest BCUT2D eigenvalue weighted by atomic mass is 10.1. The Morgan fingerprint density at radius 2 is 1.96 bits per heavy atom. The Kier molecular flexibility index (Phi) is 7.85. The van der Waals surface area contributed by atoms with E-state index in [0.29, 0.717) is 23.6 Å². The molecule has 0 bridgehead atoms. The second kappa shape index (κ2) is 10.4. The highest BCUT2D eigenvalue weighted by atomic mass is 35.5. The SMILES string of the molecule is N/C=C(Cl)\C=C(/CCc1cccc(F)c1)NOCc1ccc(C(=O)O)cc1. The van der Waals surface area contributed by atoms with E-state index >= 15 is 0 Å². The molecule has 142 valence electrons. The number of rotatable bonds is 9. The number of nitrogens with one attached hydrogen (secondary N) is 1. The maximum atomic E-state index is 13.3. The van der Waals surface area contributed by atoms with Crippen LogP contribution < -0.4 is 11.2 Å². The van der Waals surface area contributed by atoms with Crippen molar-refractivity contribution in [3.63, 3.8) is 0 Å². The van der Waals surface area contributed by atoms with Gasteiger partial charge >= 0.3 is 5.97 Å². The van der Waals surface area contributed by atoms with Gasteiger partial charge in [0.2, 0.25) is 0 Å². The van der Waals surface area contributed by atoms with Gasteiger partial charge in [-0.25, -0.2) is 9.18 Å². The van der Waals surface area contributed by atoms with E-state index in [-0.39, 0.29) is 18.0 Å². The van der Waals surface area contributed by atoms with Crippen LogP contribution in [0.1, 0.15) is 27.9 Å². The molecule has 0 spiro atoms. The Labute approximate surface area is 161 Å². The van der Waals surface area contributed by atoms with Crippen molar-refractivity contribution in [1.29, 1.82) is 0 Å². The summed E-state index contributed by atoms with van der Waals surface area (Å²) >= 11 is 5.96. The van der Waals surface area contributed by atoms with E-state index in [2.05, 4.69) is 5.48 Å². The molecular weight excluding hydrogens is 371 g/mol. The van der Waals surface area contributed by atoms with Crippen LogP contribution >= 0.6 is 11.6 Å². The minimum absolute atomic E-state index is 0.210. The average Bonchev–Trinajstić information content (AvgIpc) is 2.66. The van der Waals surface area contributed by atoms with E-state index in [1.165, 1.54) is 30.5 Å². The van der Waals surface area contributed by atoms with Gasteiger partial charge in [0.1, 0.15) is 5.82 Å². The number of benzene rings is 2. The summed E-state index contributed by atoms with van der Waals surface area (Å²) in [4.78, 5) is 16.3. The highest BCUT2D eigenvalue weighted by molar-refractivity contribution is 6.31. The van der Waals surface area contributed by atoms with Crippen molar-refractivity contribution in [2.75, 3.05) is 0 Å². The van der Waals surface area contributed by atoms with E-state index in [9.17, 15) is 9.18 Å². The lowest BCUT2D eigenvalue weighted by Gasteiger charge is -2.12. The minimum Gasteiger partial charge on any atom is -0.478 e. The number of hydroxylamine groups is 1. The largest absolute Gasteiger partial charge is 0.478 e. The fourth-order valence-electron chi connectivity index (χ4n) is 2.29. The second-order valence-corrected chi connectivity index (χ2v) is 6.18. The zero-order chi connectivity index (χ0) is 19.6. The smallest absolute Gasteiger partial charge is 0.335 e. The molecule has 0 aromatic heterocycles. The quantitative estimate of drug-likeness (QED) is 0.443. The van der Waals surface area contributed by atoms with Gasteiger partial charge in [-0.3, -0.25) is 10.3 Å². The van der Waals surface area contributed by atoms with E-state index in [4.69, 9.17) is 27.3 Å². The van der Waals surface area contributed by atoms with Crippen LogP contribution in [0.4, 0.5) is 4.39 Å². The molecule has 0 aliphatic carbocycles. The summed E-state index contributed by atoms with van der Waals surface area (Å²) in [5.41, 5.74) is 10.8. The number of carbonyl (C=O) groups is 1. The number of aromatic carboxylic acids is 1. The van der Waals surface area contributed by atoms with Crippen molar-refractivity contribution in [3.8, 4) is 0 Å². The Morgan fingerprint density at radius 1 is 1.22 bits per heavy atom. The molecule has 0 aliphatic heterocycles. The molecule has 0 unspecified atom stereocenters. The van der Waals surface area contributed by atoms with Gasteiger partial charge in [0.15, 0.2) is 0 Å². The van der Waals surface area contributed by atoms with Crippen LogP contribution in [-0.2, 0) is 17.9 Å². The molecule has 0 amide bonds. The average molecular weight is 391 g/mol. The zero-order valence-electron chi connectivity index (χ0n) is 14.5. The monoisotopic (exact) mass is 390 g/mol. The van der Waals surface area contributed by atoms with E-state index in [1.807, 2.05) is 6.07 Å². The van der Waals surface area contributed by atoms with Gasteiger partial charge in [-0.15, -0.1) is 0 Å². The van der Waals surface area contributed by atoms with Crippen molar-refractivity contribution < 1.29 is 19.1 Å². The van der Waals surface area contributed by atoms with Gasteiger partial charge in [0.05, 0.1) is 17.2 Å². The molecule has 0 atom stereocenters. The Morgan fingerprint density at radius 3 is 2.59 bits per heavy atom. The third kappa shape index (κ3) is 7.13. The molecule has 2 aromatic rings. The van der Waals surface area contributed by atoms with E-state index in [0.717, 1.165) is 11.1 Å². The first-order valence-electron chi connectivity index (χ1n) is 8.20. The summed E-state index contributed by atoms with van der Waals surface area (Å²) < 4.78 is 13.3. The molecule has 4 N–H and O–H groups in total. The van der Waals surface area contributed by atoms with Gasteiger partial charge in [0, 0.05) is 11.9 Å². The van der Waals surface area contributed by atoms with Crippen molar-refractivity contribution in [2.45, 2.75) is 19.4 Å². The summed E-state index contributed by atoms with van der Waals surface area (Å²) in [7, 11) is 0. The molecule has 27 heavy (non-hydrogen) atoms. The predicted molar refractivity (Wildman–Crippen MR) is 102 cm³/mol. The number of nitrogens with two attached hydrogens (primary N) is 1. The number of aryl methyl sites for hydroxylation is 1. The first-order chi connectivity index (χ1) is 13.0. The molecular formula is C20H20ClFN2O3. The molecule has 0 fully saturated rings. The van der Waals surface area contributed by atoms with E-state index in [1.54, 1.807) is 24.3 Å². The number of hydrogen-bond donors (Lipinski definition) is 3. The summed E-state index contributed by atoms with van der Waals surface area (Å²) in [5, 5.41) is 9.24. The summed E-state index contributed by atoms with van der Waals surface area (Å²) in [6, 6.07) is 12.7. The number of allylic oxidation sites excluding steroid dienone is 3. The molecule has 0 radical (unpaired) electrons. The fraction of sp³-hybridized carbons (Fsp3) is 0.150. The number of carboxylic acids is 1. The van der Waals surface area contributed by atoms with Crippen LogP contribution in [0.5, 0.6) is 0 Å². The van der Waals surface area contributed by atoms with Crippen molar-refractivity contribution in [3.05, 3.63) is 94.0 Å². The molecule has 2 rings (SSSR count). The summed E-state index contributed by atoms with van der Waals surface area (Å²) in [6.07, 6.45) is 4.01. The van der Waals surface area contributed by atoms with Crippen LogP contribution in [0.15, 0.2) is 71.5 Å². The Bertz CT molecular complexity index is 835. The molecule has 2 aromatic carbocycles. The van der Waals surface area contributed by atoms with Gasteiger partial charge < -0.3 is 10.8 Å². The third-order valence-corrected chi connectivity index (χ3v) is 3.92. The second-order valence-electron chi connectivity index (χ2n) is 5.74. The van der Waals surface area contributed by atoms with Crippen molar-refractivity contribution in [1.82, 2.24) is 5.48 Å². The highest BCUT2D eigenvalue weighted by Crippen LogP contribution is 2.13. The molecule has 7 heteroatoms. The molecule has 0 saturated carbocycles. The number of hydrogen-bond acceptors (Lipinski definition) is 4. The Balaban J connectivity index is 1.94. The lowest BCUT2D eigenvalue weighted by molar-refractivity contribution is 0.0469. The standard InChI is InChI=1S/C20H20ClFN2O3/c21-17(12-23)11-19(9-6-14-2-1-3-18(22)10-14)24-27-13-15-4-7-16(8-5-15)20(25)26/h1-5,7-8,10-12,24H,6,9,13,23H2,(H,25,26)/b17-12+,19-11+. The predicted octanol–water partition coefficient (Wildman–Crippen LogP) is 4.10. The van der Waals surface area contributed by atoms with Crippen molar-refractivity contribution in [2.24, 2.45) is 5.73 Å². The highest BCUT2D eigenvalue weighted by Gasteiger charge is 2.04. The summed E-state index contributed by atoms with van der Waals surface area (Å²) in [6.45, 7) is 0.223. The third-order valence-electron chi connectivity index (χ3n) is 3.69. The van der Waals surface area contributed by atoms with Crippen LogP contribution in [0.3, 0.4) is 0 Å². The minimum atomic E-state index is -0.980. The van der Waals surface area contributed by atoms with E-state index < -0.39 is 5.97 Å². The maximum Gasteiger partial charge on any atom is 0.335 e. The van der Waals surface area contributed by atoms with Crippen LogP contribution in [-0.4, -0.2) is 11.1 Å². The number of halogens is 2. The zero-order valence-corrected chi connectivity index (χ0v) is 15.2. The molecule has 5 nitrogen and oxygen atoms in total. The molecule has 0 saturated heterocycles. The first-order valence-corrected chi connectivity index (χ1v) is 8.58. The van der Waals surface area contributed by atoms with Crippen LogP contribution in [0, 0.1) is 5.82 Å². The summed E-state index contributed by atoms with van der Waals surface area (Å²) in [5.74, 6) is -1.27. The van der Waals surface area contributed by atoms with Gasteiger partial charge in [-0.1, -0.05) is 35.9 Å². The van der Waals surface area contributed by atoms with Crippen LogP contribution in [0.2, 0.25) is 0 Å². The fourth-order valence-corrected chi connectivity index (χ4v) is 2.43. The van der Waals surface area contributed by atoms with Crippen molar-refractivity contribution >= 4 is 17.6 Å². The molecule has 0 heterocycles. The number of carboxylic acid groups (broad SMARTS) is 1. The lowest BCUT2D eigenvalue weighted by Crippen LogP contribution is -2.15. The molecule has 0 aliphatic rings.